The van der Waals surface area contributed by atoms with Gasteiger partial charge in [-0.15, -0.1) is 11.3 Å². The summed E-state index contributed by atoms with van der Waals surface area (Å²) in [6.45, 7) is 3.57. The van der Waals surface area contributed by atoms with Crippen LogP contribution in [0.4, 0.5) is 24.0 Å². The topological polar surface area (TPSA) is 121 Å². The van der Waals surface area contributed by atoms with Crippen molar-refractivity contribution in [3.63, 3.8) is 0 Å². The van der Waals surface area contributed by atoms with Gasteiger partial charge in [0.1, 0.15) is 47.6 Å². The number of anilines is 2. The number of halogens is 4. The molecule has 0 spiro atoms. The van der Waals surface area contributed by atoms with E-state index in [9.17, 15) is 19.1 Å². The van der Waals surface area contributed by atoms with Crippen LogP contribution in [0.15, 0.2) is 12.1 Å². The average molecular weight is 671 g/mol. The molecule has 0 amide bonds. The Bertz CT molecular complexity index is 1980. The van der Waals surface area contributed by atoms with Gasteiger partial charge in [0.15, 0.2) is 11.6 Å². The molecule has 6 heterocycles. The SMILES string of the molecule is CC1(O)CCN2c3nc(OCC45CCCN4C[C@H](F)C5)nc4c(F)c(-c5ccc(F)c6sc(N)c(C#N)c56)c(Cl)c(c34)OCC2C1. The number of nitrogen functional groups attached to an aromatic ring is 1. The minimum Gasteiger partial charge on any atom is -0.489 e. The van der Waals surface area contributed by atoms with Gasteiger partial charge >= 0.3 is 6.01 Å². The standard InChI is InChI=1S/C32H30ClF3N6O3S/c1-31(43)6-8-42-16(10-31)13-44-26-22-25(39-30(40-29(22)42)45-14-32-5-2-7-41(32)12-15(34)9-32)24(36)21(23(26)33)17-3-4-19(35)27-20(17)18(11-37)28(38)46-27/h3-4,15-16,43H,2,5-10,12-14,38H2,1H3/t15-,16?,31?,32?/m1/s1. The molecule has 240 valence electrons. The molecule has 4 atom stereocenters. The van der Waals surface area contributed by atoms with Gasteiger partial charge in [0.2, 0.25) is 0 Å². The van der Waals surface area contributed by atoms with Crippen molar-refractivity contribution in [1.29, 1.82) is 5.26 Å². The molecule has 2 aromatic carbocycles. The maximum Gasteiger partial charge on any atom is 0.319 e. The van der Waals surface area contributed by atoms with Gasteiger partial charge in [-0.1, -0.05) is 17.7 Å². The molecule has 0 bridgehead atoms. The number of nitriles is 1. The second-order valence-electron chi connectivity index (χ2n) is 13.1. The van der Waals surface area contributed by atoms with Crippen molar-refractivity contribution >= 4 is 54.7 Å². The van der Waals surface area contributed by atoms with Crippen LogP contribution in [0.25, 0.3) is 32.1 Å². The summed E-state index contributed by atoms with van der Waals surface area (Å²) in [5, 5.41) is 21.2. The van der Waals surface area contributed by atoms with Gasteiger partial charge in [-0.3, -0.25) is 4.90 Å². The van der Waals surface area contributed by atoms with Crippen molar-refractivity contribution in [3.8, 4) is 29.0 Å². The monoisotopic (exact) mass is 670 g/mol. The lowest BCUT2D eigenvalue weighted by atomic mass is 9.88. The minimum absolute atomic E-state index is 0.0201. The molecule has 46 heavy (non-hydrogen) atoms. The normalized spacial score (nSPS) is 27.4. The highest BCUT2D eigenvalue weighted by atomic mass is 35.5. The molecule has 2 aromatic heterocycles. The summed E-state index contributed by atoms with van der Waals surface area (Å²) in [7, 11) is 0. The summed E-state index contributed by atoms with van der Waals surface area (Å²) in [5.41, 5.74) is 4.59. The van der Waals surface area contributed by atoms with Crippen LogP contribution in [0.5, 0.6) is 11.8 Å². The summed E-state index contributed by atoms with van der Waals surface area (Å²) < 4.78 is 59.1. The van der Waals surface area contributed by atoms with Gasteiger partial charge in [-0.05, 0) is 50.8 Å². The van der Waals surface area contributed by atoms with E-state index in [-0.39, 0.29) is 78.7 Å². The Morgan fingerprint density at radius 1 is 1.24 bits per heavy atom. The molecule has 0 aliphatic carbocycles. The lowest BCUT2D eigenvalue weighted by Gasteiger charge is -2.42. The first-order valence-electron chi connectivity index (χ1n) is 15.3. The molecule has 14 heteroatoms. The number of hydrogen-bond donors (Lipinski definition) is 2. The van der Waals surface area contributed by atoms with Gasteiger partial charge in [0.25, 0.3) is 0 Å². The highest BCUT2D eigenvalue weighted by Gasteiger charge is 2.49. The van der Waals surface area contributed by atoms with Crippen LogP contribution in [0.1, 0.15) is 44.6 Å². The number of nitrogens with zero attached hydrogens (tertiary/aromatic N) is 5. The second-order valence-corrected chi connectivity index (χ2v) is 14.5. The molecule has 3 unspecified atom stereocenters. The molecule has 3 saturated heterocycles. The van der Waals surface area contributed by atoms with Crippen LogP contribution >= 0.6 is 22.9 Å². The third-order valence-electron chi connectivity index (χ3n) is 10.1. The van der Waals surface area contributed by atoms with Crippen LogP contribution in [-0.4, -0.2) is 76.2 Å². The molecular formula is C32H30ClF3N6O3S. The van der Waals surface area contributed by atoms with E-state index in [4.69, 9.17) is 31.8 Å². The van der Waals surface area contributed by atoms with E-state index in [1.54, 1.807) is 6.92 Å². The number of aliphatic hydroxyl groups is 1. The number of hydrogen-bond acceptors (Lipinski definition) is 10. The van der Waals surface area contributed by atoms with Crippen molar-refractivity contribution in [2.24, 2.45) is 0 Å². The fraction of sp³-hybridized carbons (Fsp3) is 0.469. The number of rotatable bonds is 4. The highest BCUT2D eigenvalue weighted by molar-refractivity contribution is 7.23. The average Bonchev–Trinajstić information content (AvgIpc) is 3.62. The summed E-state index contributed by atoms with van der Waals surface area (Å²) in [6.07, 6.45) is 1.89. The zero-order valence-electron chi connectivity index (χ0n) is 24.9. The van der Waals surface area contributed by atoms with Crippen molar-refractivity contribution in [2.45, 2.75) is 62.4 Å². The number of piperidine rings is 1. The number of alkyl halides is 1. The molecule has 9 nitrogen and oxygen atoms in total. The molecule has 3 fully saturated rings. The van der Waals surface area contributed by atoms with Crippen LogP contribution in [-0.2, 0) is 0 Å². The van der Waals surface area contributed by atoms with Crippen molar-refractivity contribution < 1.29 is 27.8 Å². The van der Waals surface area contributed by atoms with Gasteiger partial charge < -0.3 is 25.2 Å². The molecule has 0 radical (unpaired) electrons. The van der Waals surface area contributed by atoms with E-state index in [0.29, 0.717) is 38.2 Å². The van der Waals surface area contributed by atoms with E-state index in [1.165, 1.54) is 12.1 Å². The highest BCUT2D eigenvalue weighted by Crippen LogP contribution is 2.52. The molecule has 0 saturated carbocycles. The lowest BCUT2D eigenvalue weighted by Crippen LogP contribution is -2.51. The summed E-state index contributed by atoms with van der Waals surface area (Å²) in [6, 6.07) is 4.17. The summed E-state index contributed by atoms with van der Waals surface area (Å²) >= 11 is 7.90. The maximum atomic E-state index is 17.1. The lowest BCUT2D eigenvalue weighted by molar-refractivity contribution is 0.0160. The summed E-state index contributed by atoms with van der Waals surface area (Å²) in [5.74, 6) is -0.928. The van der Waals surface area contributed by atoms with Crippen molar-refractivity contribution in [2.75, 3.05) is 43.5 Å². The van der Waals surface area contributed by atoms with Gasteiger partial charge in [-0.25, -0.2) is 13.2 Å². The number of thiophene rings is 1. The molecule has 4 aromatic rings. The fourth-order valence-electron chi connectivity index (χ4n) is 7.91. The van der Waals surface area contributed by atoms with E-state index in [1.807, 2.05) is 11.0 Å². The zero-order valence-corrected chi connectivity index (χ0v) is 26.5. The van der Waals surface area contributed by atoms with Crippen molar-refractivity contribution in [1.82, 2.24) is 14.9 Å². The molecule has 8 rings (SSSR count). The Labute approximate surface area is 271 Å². The van der Waals surface area contributed by atoms with E-state index >= 15 is 4.39 Å². The first kappa shape index (κ1) is 29.8. The summed E-state index contributed by atoms with van der Waals surface area (Å²) in [4.78, 5) is 13.4. The molecule has 3 N–H and O–H groups in total. The minimum atomic E-state index is -0.952. The zero-order chi connectivity index (χ0) is 32.1. The number of aromatic nitrogens is 2. The quantitative estimate of drug-likeness (QED) is 0.271. The van der Waals surface area contributed by atoms with Crippen LogP contribution < -0.4 is 20.1 Å². The van der Waals surface area contributed by atoms with Gasteiger partial charge in [0.05, 0.1) is 37.9 Å². The Balaban J connectivity index is 1.34. The third-order valence-corrected chi connectivity index (χ3v) is 11.5. The van der Waals surface area contributed by atoms with Crippen molar-refractivity contribution in [3.05, 3.63) is 34.4 Å². The Morgan fingerprint density at radius 3 is 2.87 bits per heavy atom. The fourth-order valence-corrected chi connectivity index (χ4v) is 9.19. The van der Waals surface area contributed by atoms with Gasteiger partial charge in [0, 0.05) is 30.5 Å². The van der Waals surface area contributed by atoms with Crippen LogP contribution in [0, 0.1) is 23.0 Å². The Morgan fingerprint density at radius 2 is 2.07 bits per heavy atom. The second kappa shape index (κ2) is 10.5. The van der Waals surface area contributed by atoms with E-state index in [2.05, 4.69) is 9.88 Å². The number of benzene rings is 2. The molecule has 4 aliphatic rings. The number of ether oxygens (including phenoxy) is 2. The van der Waals surface area contributed by atoms with Crippen LogP contribution in [0.2, 0.25) is 5.02 Å². The smallest absolute Gasteiger partial charge is 0.319 e. The van der Waals surface area contributed by atoms with Crippen LogP contribution in [0.3, 0.4) is 0 Å². The molecular weight excluding hydrogens is 641 g/mol. The maximum absolute atomic E-state index is 17.1. The number of nitrogens with two attached hydrogens (primary N) is 1. The third kappa shape index (κ3) is 4.41. The van der Waals surface area contributed by atoms with E-state index in [0.717, 1.165) is 30.7 Å². The first-order valence-corrected chi connectivity index (χ1v) is 16.5. The Kier molecular flexibility index (Phi) is 6.78. The van der Waals surface area contributed by atoms with E-state index < -0.39 is 28.9 Å². The first-order chi connectivity index (χ1) is 22.0. The predicted octanol–water partition coefficient (Wildman–Crippen LogP) is 5.96. The van der Waals surface area contributed by atoms with Gasteiger partial charge in [-0.2, -0.15) is 15.2 Å². The molecule has 4 aliphatic heterocycles. The Hall–Kier alpha value is -3.57. The largest absolute Gasteiger partial charge is 0.489 e. The predicted molar refractivity (Wildman–Crippen MR) is 169 cm³/mol. The number of fused-ring (bicyclic) bond motifs is 4.